The molecule has 166 valence electrons. The van der Waals surface area contributed by atoms with E-state index in [1.54, 1.807) is 13.3 Å². The van der Waals surface area contributed by atoms with Crippen molar-refractivity contribution in [3.63, 3.8) is 0 Å². The molecule has 0 bridgehead atoms. The number of amides is 2. The van der Waals surface area contributed by atoms with Gasteiger partial charge in [0.05, 0.1) is 12.0 Å². The third-order valence-electron chi connectivity index (χ3n) is 5.85. The van der Waals surface area contributed by atoms with Gasteiger partial charge in [-0.2, -0.15) is 0 Å². The number of piperidine rings is 1. The quantitative estimate of drug-likeness (QED) is 0.600. The van der Waals surface area contributed by atoms with Crippen LogP contribution in [0.2, 0.25) is 0 Å². The average Bonchev–Trinajstić information content (AvgIpc) is 3.21. The summed E-state index contributed by atoms with van der Waals surface area (Å²) in [5.41, 5.74) is 3.19. The van der Waals surface area contributed by atoms with Crippen LogP contribution in [0, 0.1) is 19.8 Å². The first-order chi connectivity index (χ1) is 15.4. The number of carbonyl (C=O) groups is 2. The highest BCUT2D eigenvalue weighted by Gasteiger charge is 2.29. The summed E-state index contributed by atoms with van der Waals surface area (Å²) >= 11 is 1.52. The summed E-state index contributed by atoms with van der Waals surface area (Å²) in [6, 6.07) is 13.6. The van der Waals surface area contributed by atoms with Crippen LogP contribution in [-0.2, 0) is 4.79 Å². The number of aryl methyl sites for hydroxylation is 2. The van der Waals surface area contributed by atoms with E-state index in [0.717, 1.165) is 32.2 Å². The Morgan fingerprint density at radius 2 is 1.81 bits per heavy atom. The molecule has 1 aliphatic heterocycles. The second-order valence-corrected chi connectivity index (χ2v) is 9.34. The fraction of sp³-hybridized carbons (Fsp3) is 0.320. The number of nitrogens with zero attached hydrogens (tertiary/aromatic N) is 2. The summed E-state index contributed by atoms with van der Waals surface area (Å²) in [4.78, 5) is 33.6. The molecule has 1 aliphatic rings. The normalized spacial score (nSPS) is 14.3. The van der Waals surface area contributed by atoms with Crippen molar-refractivity contribution in [2.75, 3.05) is 25.5 Å². The van der Waals surface area contributed by atoms with Crippen molar-refractivity contribution >= 4 is 29.0 Å². The van der Waals surface area contributed by atoms with Crippen molar-refractivity contribution in [3.05, 3.63) is 64.0 Å². The third kappa shape index (κ3) is 4.83. The van der Waals surface area contributed by atoms with Crippen molar-refractivity contribution in [2.45, 2.75) is 26.7 Å². The van der Waals surface area contributed by atoms with Crippen molar-refractivity contribution < 1.29 is 14.3 Å². The van der Waals surface area contributed by atoms with E-state index in [0.29, 0.717) is 31.7 Å². The third-order valence-corrected chi connectivity index (χ3v) is 6.88. The van der Waals surface area contributed by atoms with E-state index in [9.17, 15) is 9.59 Å². The molecule has 1 saturated heterocycles. The van der Waals surface area contributed by atoms with Gasteiger partial charge in [0.15, 0.2) is 0 Å². The average molecular weight is 450 g/mol. The van der Waals surface area contributed by atoms with Crippen LogP contribution in [0.15, 0.2) is 48.7 Å². The zero-order valence-electron chi connectivity index (χ0n) is 18.6. The number of hydrogen-bond donors (Lipinski definition) is 1. The molecule has 1 N–H and O–H groups in total. The van der Waals surface area contributed by atoms with E-state index in [1.807, 2.05) is 61.2 Å². The predicted octanol–water partition coefficient (Wildman–Crippen LogP) is 4.93. The maximum Gasteiger partial charge on any atom is 0.263 e. The van der Waals surface area contributed by atoms with E-state index in [4.69, 9.17) is 4.74 Å². The number of pyridine rings is 1. The number of aromatic nitrogens is 1. The lowest BCUT2D eigenvalue weighted by Gasteiger charge is -2.31. The molecule has 2 aromatic heterocycles. The van der Waals surface area contributed by atoms with E-state index in [2.05, 4.69) is 10.3 Å². The maximum atomic E-state index is 13.1. The number of thiophene rings is 1. The smallest absolute Gasteiger partial charge is 0.263 e. The molecule has 1 aromatic carbocycles. The Labute approximate surface area is 192 Å². The molecule has 0 aliphatic carbocycles. The van der Waals surface area contributed by atoms with E-state index >= 15 is 0 Å². The molecular weight excluding hydrogens is 422 g/mol. The lowest BCUT2D eigenvalue weighted by atomic mass is 9.95. The molecule has 6 nitrogen and oxygen atoms in total. The largest absolute Gasteiger partial charge is 0.497 e. The standard InChI is InChI=1S/C25H27N3O3S/c1-16-4-9-23(26-15-16)27-24(29)19-10-12-28(13-11-19)25(30)22-14-21(17(2)32-22)18-5-7-20(31-3)8-6-18/h4-9,14-15,19H,10-13H2,1-3H3,(H,26,27,29). The second kappa shape index (κ2) is 9.53. The molecule has 3 heterocycles. The van der Waals surface area contributed by atoms with Crippen LogP contribution in [-0.4, -0.2) is 41.9 Å². The Hall–Kier alpha value is -3.19. The van der Waals surface area contributed by atoms with Gasteiger partial charge in [0.1, 0.15) is 11.6 Å². The van der Waals surface area contributed by atoms with Crippen LogP contribution in [0.1, 0.15) is 33.0 Å². The van der Waals surface area contributed by atoms with Gasteiger partial charge in [0, 0.05) is 30.1 Å². The van der Waals surface area contributed by atoms with Gasteiger partial charge in [-0.25, -0.2) is 4.98 Å². The lowest BCUT2D eigenvalue weighted by Crippen LogP contribution is -2.41. The zero-order chi connectivity index (χ0) is 22.7. The van der Waals surface area contributed by atoms with Crippen LogP contribution in [0.4, 0.5) is 5.82 Å². The molecule has 1 fully saturated rings. The van der Waals surface area contributed by atoms with E-state index in [-0.39, 0.29) is 17.7 Å². The SMILES string of the molecule is COc1ccc(-c2cc(C(=O)N3CCC(C(=O)Nc4ccc(C)cn4)CC3)sc2C)cc1. The highest BCUT2D eigenvalue weighted by Crippen LogP contribution is 2.33. The number of nitrogens with one attached hydrogen (secondary N) is 1. The topological polar surface area (TPSA) is 71.5 Å². The summed E-state index contributed by atoms with van der Waals surface area (Å²) in [5, 5.41) is 2.89. The van der Waals surface area contributed by atoms with Crippen LogP contribution in [0.3, 0.4) is 0 Å². The summed E-state index contributed by atoms with van der Waals surface area (Å²) in [6.45, 7) is 5.15. The van der Waals surface area contributed by atoms with Gasteiger partial charge in [-0.05, 0) is 67.6 Å². The van der Waals surface area contributed by atoms with Gasteiger partial charge < -0.3 is 15.0 Å². The van der Waals surface area contributed by atoms with Gasteiger partial charge in [-0.1, -0.05) is 18.2 Å². The zero-order valence-corrected chi connectivity index (χ0v) is 19.4. The Balaban J connectivity index is 1.37. The highest BCUT2D eigenvalue weighted by molar-refractivity contribution is 7.14. The molecular formula is C25H27N3O3S. The monoisotopic (exact) mass is 449 g/mol. The number of likely N-dealkylation sites (tertiary alicyclic amines) is 1. The Kier molecular flexibility index (Phi) is 6.55. The molecule has 0 atom stereocenters. The van der Waals surface area contributed by atoms with Crippen molar-refractivity contribution in [3.8, 4) is 16.9 Å². The number of rotatable bonds is 5. The Morgan fingerprint density at radius 1 is 1.09 bits per heavy atom. The first-order valence-electron chi connectivity index (χ1n) is 10.7. The minimum atomic E-state index is -0.109. The van der Waals surface area contributed by atoms with Gasteiger partial charge in [-0.15, -0.1) is 11.3 Å². The molecule has 2 amide bonds. The van der Waals surface area contributed by atoms with Crippen molar-refractivity contribution in [1.82, 2.24) is 9.88 Å². The molecule has 3 aromatic rings. The van der Waals surface area contributed by atoms with Gasteiger partial charge >= 0.3 is 0 Å². The lowest BCUT2D eigenvalue weighted by molar-refractivity contribution is -0.121. The molecule has 7 heteroatoms. The van der Waals surface area contributed by atoms with Gasteiger partial charge in [0.2, 0.25) is 5.91 Å². The predicted molar refractivity (Wildman–Crippen MR) is 127 cm³/mol. The Bertz CT molecular complexity index is 1100. The van der Waals surface area contributed by atoms with Crippen LogP contribution >= 0.6 is 11.3 Å². The molecule has 0 saturated carbocycles. The molecule has 32 heavy (non-hydrogen) atoms. The van der Waals surface area contributed by atoms with Crippen LogP contribution in [0.5, 0.6) is 5.75 Å². The van der Waals surface area contributed by atoms with E-state index < -0.39 is 0 Å². The molecule has 0 spiro atoms. The number of methoxy groups -OCH3 is 1. The summed E-state index contributed by atoms with van der Waals surface area (Å²) in [5.74, 6) is 1.28. The number of hydrogen-bond acceptors (Lipinski definition) is 5. The van der Waals surface area contributed by atoms with E-state index in [1.165, 1.54) is 11.3 Å². The first kappa shape index (κ1) is 22.0. The maximum absolute atomic E-state index is 13.1. The fourth-order valence-electron chi connectivity index (χ4n) is 3.92. The molecule has 0 radical (unpaired) electrons. The number of benzene rings is 1. The minimum Gasteiger partial charge on any atom is -0.497 e. The minimum absolute atomic E-state index is 0.0257. The fourth-order valence-corrected chi connectivity index (χ4v) is 4.93. The van der Waals surface area contributed by atoms with Gasteiger partial charge in [0.25, 0.3) is 5.91 Å². The first-order valence-corrected chi connectivity index (χ1v) is 11.5. The highest BCUT2D eigenvalue weighted by atomic mass is 32.1. The molecule has 0 unspecified atom stereocenters. The molecule has 4 rings (SSSR count). The number of carbonyl (C=O) groups excluding carboxylic acids is 2. The summed E-state index contributed by atoms with van der Waals surface area (Å²) in [6.07, 6.45) is 3.04. The van der Waals surface area contributed by atoms with Crippen LogP contribution < -0.4 is 10.1 Å². The second-order valence-electron chi connectivity index (χ2n) is 8.09. The summed E-state index contributed by atoms with van der Waals surface area (Å²) in [7, 11) is 1.65. The van der Waals surface area contributed by atoms with Crippen molar-refractivity contribution in [1.29, 1.82) is 0 Å². The van der Waals surface area contributed by atoms with Crippen molar-refractivity contribution in [2.24, 2.45) is 5.92 Å². The van der Waals surface area contributed by atoms with Crippen LogP contribution in [0.25, 0.3) is 11.1 Å². The number of anilines is 1. The van der Waals surface area contributed by atoms with Gasteiger partial charge in [-0.3, -0.25) is 9.59 Å². The summed E-state index contributed by atoms with van der Waals surface area (Å²) < 4.78 is 5.23. The Morgan fingerprint density at radius 3 is 2.44 bits per heavy atom. The number of ether oxygens (including phenoxy) is 1.